The molecule has 0 aliphatic rings. The zero-order valence-corrected chi connectivity index (χ0v) is 14.2. The summed E-state index contributed by atoms with van der Waals surface area (Å²) in [6.07, 6.45) is 1.59. The third-order valence-corrected chi connectivity index (χ3v) is 5.43. The number of pyridine rings is 1. The van der Waals surface area contributed by atoms with Crippen molar-refractivity contribution >= 4 is 20.7 Å². The van der Waals surface area contributed by atoms with Crippen LogP contribution in [0.5, 0.6) is 11.5 Å². The molecule has 124 valence electrons. The molecule has 0 unspecified atom stereocenters. The highest BCUT2D eigenvalue weighted by Crippen LogP contribution is 2.30. The van der Waals surface area contributed by atoms with Crippen LogP contribution in [0.1, 0.15) is 5.56 Å². The van der Waals surface area contributed by atoms with Gasteiger partial charge in [-0.3, -0.25) is 4.98 Å². The van der Waals surface area contributed by atoms with Crippen LogP contribution in [0.2, 0.25) is 0 Å². The SMILES string of the molecule is COc1ccc(S(=O)(=O)Cc2cnc3ccccc3c2)c(OC)c1. The summed E-state index contributed by atoms with van der Waals surface area (Å²) >= 11 is 0. The van der Waals surface area contributed by atoms with Gasteiger partial charge in [-0.1, -0.05) is 18.2 Å². The van der Waals surface area contributed by atoms with Crippen LogP contribution in [-0.2, 0) is 15.6 Å². The number of ether oxygens (including phenoxy) is 2. The summed E-state index contributed by atoms with van der Waals surface area (Å²) in [5.41, 5.74) is 1.47. The summed E-state index contributed by atoms with van der Waals surface area (Å²) in [5, 5.41) is 0.909. The summed E-state index contributed by atoms with van der Waals surface area (Å²) < 4.78 is 35.9. The van der Waals surface area contributed by atoms with Crippen LogP contribution in [0.3, 0.4) is 0 Å². The first-order valence-electron chi connectivity index (χ1n) is 7.32. The van der Waals surface area contributed by atoms with Crippen molar-refractivity contribution in [2.45, 2.75) is 10.6 Å². The van der Waals surface area contributed by atoms with Crippen molar-refractivity contribution in [3.05, 3.63) is 60.3 Å². The van der Waals surface area contributed by atoms with E-state index in [9.17, 15) is 8.42 Å². The number of fused-ring (bicyclic) bond motifs is 1. The van der Waals surface area contributed by atoms with Gasteiger partial charge >= 0.3 is 0 Å². The highest BCUT2D eigenvalue weighted by Gasteiger charge is 2.21. The van der Waals surface area contributed by atoms with Gasteiger partial charge in [0.15, 0.2) is 9.84 Å². The summed E-state index contributed by atoms with van der Waals surface area (Å²) in [4.78, 5) is 4.45. The van der Waals surface area contributed by atoms with E-state index >= 15 is 0 Å². The maximum Gasteiger partial charge on any atom is 0.186 e. The fourth-order valence-electron chi connectivity index (χ4n) is 2.52. The normalized spacial score (nSPS) is 11.4. The van der Waals surface area contributed by atoms with Gasteiger partial charge in [0.2, 0.25) is 0 Å². The second-order valence-electron chi connectivity index (χ2n) is 5.31. The summed E-state index contributed by atoms with van der Waals surface area (Å²) in [6.45, 7) is 0. The van der Waals surface area contributed by atoms with Crippen molar-refractivity contribution in [1.82, 2.24) is 4.98 Å². The van der Waals surface area contributed by atoms with Crippen molar-refractivity contribution in [1.29, 1.82) is 0 Å². The predicted octanol–water partition coefficient (Wildman–Crippen LogP) is 3.23. The Hall–Kier alpha value is -2.60. The molecule has 0 saturated heterocycles. The summed E-state index contributed by atoms with van der Waals surface area (Å²) in [6, 6.07) is 14.1. The first-order chi connectivity index (χ1) is 11.5. The molecule has 0 radical (unpaired) electrons. The molecule has 24 heavy (non-hydrogen) atoms. The minimum absolute atomic E-state index is 0.138. The lowest BCUT2D eigenvalue weighted by Crippen LogP contribution is -2.07. The molecule has 1 aromatic heterocycles. The number of aromatic nitrogens is 1. The molecule has 0 bridgehead atoms. The molecule has 0 amide bonds. The average Bonchev–Trinajstić information content (AvgIpc) is 2.60. The van der Waals surface area contributed by atoms with Crippen LogP contribution < -0.4 is 9.47 Å². The summed E-state index contributed by atoms with van der Waals surface area (Å²) in [5.74, 6) is 0.661. The fourth-order valence-corrected chi connectivity index (χ4v) is 4.00. The Morgan fingerprint density at radius 3 is 2.54 bits per heavy atom. The molecule has 2 aromatic carbocycles. The van der Waals surface area contributed by atoms with Gasteiger partial charge in [0.05, 0.1) is 25.5 Å². The molecule has 0 fully saturated rings. The first kappa shape index (κ1) is 16.3. The number of para-hydroxylation sites is 1. The highest BCUT2D eigenvalue weighted by molar-refractivity contribution is 7.90. The Kier molecular flexibility index (Phi) is 4.40. The van der Waals surface area contributed by atoms with E-state index in [4.69, 9.17) is 9.47 Å². The van der Waals surface area contributed by atoms with Crippen LogP contribution >= 0.6 is 0 Å². The highest BCUT2D eigenvalue weighted by atomic mass is 32.2. The van der Waals surface area contributed by atoms with Crippen molar-refractivity contribution in [2.24, 2.45) is 0 Å². The van der Waals surface area contributed by atoms with Crippen molar-refractivity contribution in [2.75, 3.05) is 14.2 Å². The second-order valence-corrected chi connectivity index (χ2v) is 7.27. The number of rotatable bonds is 5. The first-order valence-corrected chi connectivity index (χ1v) is 8.97. The molecule has 0 aliphatic heterocycles. The van der Waals surface area contributed by atoms with Crippen molar-refractivity contribution in [3.63, 3.8) is 0 Å². The quantitative estimate of drug-likeness (QED) is 0.711. The van der Waals surface area contributed by atoms with E-state index in [0.29, 0.717) is 11.3 Å². The minimum atomic E-state index is -3.57. The van der Waals surface area contributed by atoms with Gasteiger partial charge in [0.25, 0.3) is 0 Å². The second kappa shape index (κ2) is 6.49. The van der Waals surface area contributed by atoms with Crippen LogP contribution in [-0.4, -0.2) is 27.6 Å². The molecule has 0 spiro atoms. The molecular weight excluding hydrogens is 326 g/mol. The number of hydrogen-bond acceptors (Lipinski definition) is 5. The Labute approximate surface area is 140 Å². The lowest BCUT2D eigenvalue weighted by molar-refractivity contribution is 0.386. The Morgan fingerprint density at radius 1 is 1.00 bits per heavy atom. The summed E-state index contributed by atoms with van der Waals surface area (Å²) in [7, 11) is -0.617. The Bertz CT molecular complexity index is 983. The van der Waals surface area contributed by atoms with E-state index < -0.39 is 9.84 Å². The van der Waals surface area contributed by atoms with Gasteiger partial charge in [-0.15, -0.1) is 0 Å². The zero-order valence-electron chi connectivity index (χ0n) is 13.4. The van der Waals surface area contributed by atoms with Crippen LogP contribution in [0.15, 0.2) is 59.6 Å². The Morgan fingerprint density at radius 2 is 1.79 bits per heavy atom. The van der Waals surface area contributed by atoms with E-state index in [-0.39, 0.29) is 16.4 Å². The van der Waals surface area contributed by atoms with E-state index in [1.807, 2.05) is 30.3 Å². The average molecular weight is 343 g/mol. The predicted molar refractivity (Wildman–Crippen MR) is 92.2 cm³/mol. The standard InChI is InChI=1S/C18H17NO4S/c1-22-15-7-8-18(17(10-15)23-2)24(20,21)12-13-9-14-5-3-4-6-16(14)19-11-13/h3-11H,12H2,1-2H3. The molecule has 3 aromatic rings. The molecule has 5 nitrogen and oxygen atoms in total. The largest absolute Gasteiger partial charge is 0.497 e. The molecule has 3 rings (SSSR count). The molecule has 0 atom stereocenters. The van der Waals surface area contributed by atoms with E-state index in [2.05, 4.69) is 4.98 Å². The van der Waals surface area contributed by atoms with Gasteiger partial charge in [-0.25, -0.2) is 8.42 Å². The van der Waals surface area contributed by atoms with Gasteiger partial charge in [0, 0.05) is 17.6 Å². The van der Waals surface area contributed by atoms with E-state index in [1.54, 1.807) is 18.3 Å². The number of nitrogens with zero attached hydrogens (tertiary/aromatic N) is 1. The monoisotopic (exact) mass is 343 g/mol. The topological polar surface area (TPSA) is 65.5 Å². The third-order valence-electron chi connectivity index (χ3n) is 3.71. The fraction of sp³-hybridized carbons (Fsp3) is 0.167. The van der Waals surface area contributed by atoms with Gasteiger partial charge in [-0.05, 0) is 29.8 Å². The number of methoxy groups -OCH3 is 2. The number of benzene rings is 2. The molecule has 6 heteroatoms. The van der Waals surface area contributed by atoms with Crippen molar-refractivity contribution in [3.8, 4) is 11.5 Å². The lowest BCUT2D eigenvalue weighted by atomic mass is 10.2. The molecular formula is C18H17NO4S. The molecule has 0 aliphatic carbocycles. The number of hydrogen-bond donors (Lipinski definition) is 0. The third kappa shape index (κ3) is 3.19. The molecule has 1 heterocycles. The maximum absolute atomic E-state index is 12.8. The zero-order chi connectivity index (χ0) is 17.2. The van der Waals surface area contributed by atoms with Gasteiger partial charge in [0.1, 0.15) is 16.4 Å². The minimum Gasteiger partial charge on any atom is -0.497 e. The Balaban J connectivity index is 1.98. The van der Waals surface area contributed by atoms with Gasteiger partial charge < -0.3 is 9.47 Å². The smallest absolute Gasteiger partial charge is 0.186 e. The lowest BCUT2D eigenvalue weighted by Gasteiger charge is -2.11. The van der Waals surface area contributed by atoms with Gasteiger partial charge in [-0.2, -0.15) is 0 Å². The van der Waals surface area contributed by atoms with Crippen molar-refractivity contribution < 1.29 is 17.9 Å². The molecule has 0 saturated carbocycles. The molecule has 0 N–H and O–H groups in total. The maximum atomic E-state index is 12.8. The van der Waals surface area contributed by atoms with Crippen LogP contribution in [0.4, 0.5) is 0 Å². The van der Waals surface area contributed by atoms with E-state index in [1.165, 1.54) is 20.3 Å². The van der Waals surface area contributed by atoms with Crippen LogP contribution in [0.25, 0.3) is 10.9 Å². The number of sulfone groups is 1. The van der Waals surface area contributed by atoms with E-state index in [0.717, 1.165) is 10.9 Å². The van der Waals surface area contributed by atoms with Crippen LogP contribution in [0, 0.1) is 0 Å².